The highest BCUT2D eigenvalue weighted by Crippen LogP contribution is 2.25. The Labute approximate surface area is 122 Å². The molecule has 6 heteroatoms. The zero-order valence-electron chi connectivity index (χ0n) is 14.2. The molecule has 0 amide bonds. The third kappa shape index (κ3) is 3.59. The highest BCUT2D eigenvalue weighted by Gasteiger charge is 2.46. The van der Waals surface area contributed by atoms with Gasteiger partial charge in [-0.2, -0.15) is 0 Å². The summed E-state index contributed by atoms with van der Waals surface area (Å²) in [5, 5.41) is 0. The van der Waals surface area contributed by atoms with Gasteiger partial charge in [-0.25, -0.2) is 0 Å². The van der Waals surface area contributed by atoms with Crippen LogP contribution >= 0.6 is 0 Å². The lowest BCUT2D eigenvalue weighted by Gasteiger charge is -2.54. The third-order valence-electron chi connectivity index (χ3n) is 4.16. The molecule has 1 aliphatic rings. The van der Waals surface area contributed by atoms with Gasteiger partial charge in [0, 0.05) is 0 Å². The molecule has 107 valence electrons. The standard InChI is InChI=1S/C13H31B3N3/c1-9-15-17(11(3)4)14-18(12(5)6)16(10-2)19(15)13(7)8/h11-13H,9-10H2,1-8H3. The second-order valence-electron chi connectivity index (χ2n) is 6.52. The molecule has 1 heterocycles. The minimum absolute atomic E-state index is 0.528. The molecule has 1 radical (unpaired) electrons. The van der Waals surface area contributed by atoms with E-state index in [0.29, 0.717) is 32.1 Å². The van der Waals surface area contributed by atoms with Gasteiger partial charge in [-0.1, -0.05) is 55.4 Å². The lowest BCUT2D eigenvalue weighted by atomic mass is 9.45. The van der Waals surface area contributed by atoms with Crippen LogP contribution in [0.25, 0.3) is 0 Å². The van der Waals surface area contributed by atoms with E-state index in [0.717, 1.165) is 0 Å². The van der Waals surface area contributed by atoms with Crippen LogP contribution in [-0.4, -0.2) is 53.8 Å². The predicted molar refractivity (Wildman–Crippen MR) is 89.1 cm³/mol. The first-order valence-electron chi connectivity index (χ1n) is 8.02. The van der Waals surface area contributed by atoms with E-state index in [1.807, 2.05) is 0 Å². The van der Waals surface area contributed by atoms with Gasteiger partial charge in [0.2, 0.25) is 0 Å². The summed E-state index contributed by atoms with van der Waals surface area (Å²) in [4.78, 5) is 0. The van der Waals surface area contributed by atoms with Crippen molar-refractivity contribution in [2.24, 2.45) is 0 Å². The number of hydrogen-bond donors (Lipinski definition) is 0. The average molecular weight is 262 g/mol. The van der Waals surface area contributed by atoms with Crippen molar-refractivity contribution in [3.8, 4) is 0 Å². The Hall–Kier alpha value is 0.0748. The Kier molecular flexibility index (Phi) is 6.48. The smallest absolute Gasteiger partial charge is 0.291 e. The Bertz CT molecular complexity index is 252. The molecule has 0 aromatic heterocycles. The monoisotopic (exact) mass is 262 g/mol. The molecule has 3 nitrogen and oxygen atoms in total. The maximum absolute atomic E-state index is 2.69. The first-order valence-corrected chi connectivity index (χ1v) is 8.02. The van der Waals surface area contributed by atoms with Crippen LogP contribution in [-0.2, 0) is 0 Å². The zero-order valence-corrected chi connectivity index (χ0v) is 14.2. The largest absolute Gasteiger partial charge is 0.359 e. The van der Waals surface area contributed by atoms with Crippen LogP contribution in [0.2, 0.25) is 12.6 Å². The van der Waals surface area contributed by atoms with E-state index in [4.69, 9.17) is 0 Å². The fourth-order valence-corrected chi connectivity index (χ4v) is 3.30. The Balaban J connectivity index is 3.10. The second kappa shape index (κ2) is 7.19. The Morgan fingerprint density at radius 1 is 0.737 bits per heavy atom. The molecule has 0 N–H and O–H groups in total. The summed E-state index contributed by atoms with van der Waals surface area (Å²) in [7, 11) is 2.39. The van der Waals surface area contributed by atoms with Crippen molar-refractivity contribution in [1.82, 2.24) is 14.2 Å². The molecule has 1 saturated heterocycles. The zero-order chi connectivity index (χ0) is 14.7. The number of hydrogen-bond acceptors (Lipinski definition) is 3. The first-order chi connectivity index (χ1) is 8.84. The maximum Gasteiger partial charge on any atom is 0.291 e. The van der Waals surface area contributed by atoms with Crippen molar-refractivity contribution in [3.63, 3.8) is 0 Å². The Morgan fingerprint density at radius 3 is 1.32 bits per heavy atom. The minimum Gasteiger partial charge on any atom is -0.359 e. The van der Waals surface area contributed by atoms with E-state index < -0.39 is 0 Å². The van der Waals surface area contributed by atoms with Crippen LogP contribution in [0.1, 0.15) is 55.4 Å². The van der Waals surface area contributed by atoms with E-state index in [9.17, 15) is 0 Å². The first kappa shape index (κ1) is 17.1. The summed E-state index contributed by atoms with van der Waals surface area (Å²) in [5.74, 6) is 0. The maximum atomic E-state index is 2.69. The quantitative estimate of drug-likeness (QED) is 0.705. The van der Waals surface area contributed by atoms with Gasteiger partial charge in [-0.05, 0) is 30.8 Å². The normalized spacial score (nSPS) is 19.9. The lowest BCUT2D eigenvalue weighted by molar-refractivity contribution is 0.355. The number of nitrogens with zero attached hydrogens (tertiary/aromatic N) is 3. The van der Waals surface area contributed by atoms with Gasteiger partial charge in [-0.15, -0.1) is 0 Å². The fourth-order valence-electron chi connectivity index (χ4n) is 3.30. The average Bonchev–Trinajstić information content (AvgIpc) is 2.35. The third-order valence-corrected chi connectivity index (χ3v) is 4.16. The molecular weight excluding hydrogens is 231 g/mol. The van der Waals surface area contributed by atoms with Gasteiger partial charge < -0.3 is 14.2 Å². The molecular formula is C13H31B3N3. The van der Waals surface area contributed by atoms with Crippen LogP contribution in [0.4, 0.5) is 0 Å². The molecule has 1 rings (SSSR count). The Morgan fingerprint density at radius 2 is 1.11 bits per heavy atom. The summed E-state index contributed by atoms with van der Waals surface area (Å²) in [6.07, 6.45) is 2.35. The predicted octanol–water partition coefficient (Wildman–Crippen LogP) is 2.68. The topological polar surface area (TPSA) is 9.72 Å². The SMILES string of the molecule is CCB1N(C(C)C)[B]N(C(C)C)B(CC)N1C(C)C. The van der Waals surface area contributed by atoms with Gasteiger partial charge >= 0.3 is 0 Å². The van der Waals surface area contributed by atoms with Crippen LogP contribution in [0.5, 0.6) is 0 Å². The van der Waals surface area contributed by atoms with E-state index >= 15 is 0 Å². The van der Waals surface area contributed by atoms with Crippen LogP contribution in [0.15, 0.2) is 0 Å². The van der Waals surface area contributed by atoms with Crippen molar-refractivity contribution >= 4 is 21.5 Å². The van der Waals surface area contributed by atoms with Crippen molar-refractivity contribution in [2.75, 3.05) is 0 Å². The molecule has 1 aliphatic heterocycles. The summed E-state index contributed by atoms with van der Waals surface area (Å²) in [6.45, 7) is 19.5. The molecule has 0 aromatic carbocycles. The van der Waals surface area contributed by atoms with E-state index in [2.05, 4.69) is 77.1 Å². The van der Waals surface area contributed by atoms with Crippen molar-refractivity contribution < 1.29 is 0 Å². The molecule has 0 unspecified atom stereocenters. The molecule has 0 spiro atoms. The van der Waals surface area contributed by atoms with Crippen molar-refractivity contribution in [1.29, 1.82) is 0 Å². The van der Waals surface area contributed by atoms with Gasteiger partial charge in [0.1, 0.15) is 0 Å². The van der Waals surface area contributed by atoms with Gasteiger partial charge in [0.25, 0.3) is 21.5 Å². The molecule has 0 atom stereocenters. The fraction of sp³-hybridized carbons (Fsp3) is 1.00. The lowest BCUT2D eigenvalue weighted by Crippen LogP contribution is -2.76. The molecule has 0 saturated carbocycles. The highest BCUT2D eigenvalue weighted by atomic mass is 15.3. The van der Waals surface area contributed by atoms with Crippen molar-refractivity contribution in [3.05, 3.63) is 0 Å². The molecule has 0 aromatic rings. The molecule has 0 bridgehead atoms. The van der Waals surface area contributed by atoms with Crippen molar-refractivity contribution in [2.45, 2.75) is 86.2 Å². The van der Waals surface area contributed by atoms with Crippen LogP contribution in [0.3, 0.4) is 0 Å². The second-order valence-corrected chi connectivity index (χ2v) is 6.52. The summed E-state index contributed by atoms with van der Waals surface area (Å²) < 4.78 is 7.76. The molecule has 1 fully saturated rings. The van der Waals surface area contributed by atoms with Gasteiger partial charge in [-0.3, -0.25) is 0 Å². The summed E-state index contributed by atoms with van der Waals surface area (Å²) >= 11 is 0. The highest BCUT2D eigenvalue weighted by molar-refractivity contribution is 6.81. The van der Waals surface area contributed by atoms with Crippen LogP contribution < -0.4 is 0 Å². The summed E-state index contributed by atoms with van der Waals surface area (Å²) in [5.41, 5.74) is 0. The molecule has 0 aliphatic carbocycles. The molecule has 19 heavy (non-hydrogen) atoms. The number of rotatable bonds is 5. The summed E-state index contributed by atoms with van der Waals surface area (Å²) in [6, 6.07) is 1.67. The van der Waals surface area contributed by atoms with E-state index in [1.54, 1.807) is 0 Å². The van der Waals surface area contributed by atoms with Crippen LogP contribution in [0, 0.1) is 0 Å². The van der Waals surface area contributed by atoms with E-state index in [-0.39, 0.29) is 0 Å². The van der Waals surface area contributed by atoms with E-state index in [1.165, 1.54) is 12.6 Å². The van der Waals surface area contributed by atoms with Gasteiger partial charge in [0.15, 0.2) is 0 Å². The van der Waals surface area contributed by atoms with Gasteiger partial charge in [0.05, 0.1) is 0 Å². The minimum atomic E-state index is 0.528.